The average molecular weight is 714 g/mol. The standard InChI is InChI=1S/C38H52ClN3O6S/c1-24-7-11-32(37-46-19-30(20-47-37)41(3)4)31-12-8-28(31)18-42-22-38(15-5-6-26-16-29(39)10-13-33(26)38)23-48-35-14-9-27(17-34(35)42)36(43)40-49(44,45)21-25(24)2/h9-10,13-14,16-17,24-25,28,30-32,37H,5-8,11-12,15,18-23H2,1-4H3,(H,40,43)/t24-,25+,28+,30?,31-,32+,37?,38+/m1/s1. The molecule has 5 aliphatic rings. The molecule has 268 valence electrons. The van der Waals surface area contributed by atoms with Crippen LogP contribution in [0.15, 0.2) is 36.4 Å². The van der Waals surface area contributed by atoms with Crippen LogP contribution in [0.3, 0.4) is 0 Å². The third-order valence-electron chi connectivity index (χ3n) is 12.4. The lowest BCUT2D eigenvalue weighted by Gasteiger charge is -2.49. The normalized spacial score (nSPS) is 34.9. The number of rotatable bonds is 2. The minimum atomic E-state index is -3.86. The predicted octanol–water partition coefficient (Wildman–Crippen LogP) is 5.88. The first-order valence-corrected chi connectivity index (χ1v) is 20.2. The van der Waals surface area contributed by atoms with E-state index in [4.69, 9.17) is 25.8 Å². The van der Waals surface area contributed by atoms with Gasteiger partial charge in [-0.2, -0.15) is 0 Å². The molecule has 2 bridgehead atoms. The van der Waals surface area contributed by atoms with Crippen molar-refractivity contribution in [2.45, 2.75) is 76.5 Å². The molecule has 2 aliphatic carbocycles. The van der Waals surface area contributed by atoms with Crippen LogP contribution >= 0.6 is 11.6 Å². The van der Waals surface area contributed by atoms with Crippen molar-refractivity contribution in [3.05, 3.63) is 58.1 Å². The minimum Gasteiger partial charge on any atom is -0.490 e. The Kier molecular flexibility index (Phi) is 10.0. The molecule has 2 fully saturated rings. The lowest BCUT2D eigenvalue weighted by molar-refractivity contribution is -0.241. The summed E-state index contributed by atoms with van der Waals surface area (Å²) in [6, 6.07) is 11.9. The van der Waals surface area contributed by atoms with E-state index in [0.717, 1.165) is 74.5 Å². The molecular weight excluding hydrogens is 662 g/mol. The van der Waals surface area contributed by atoms with E-state index in [1.165, 1.54) is 11.1 Å². The SMILES string of the molecule is C[C@@H]1CC[C@H](C2OCC(N(C)C)CO2)[C@@H]2CC[C@H]2CN2C[C@@]3(CCCc4cc(Cl)ccc43)COc3ccc(cc32)C(=O)NS(=O)(=O)C[C@@H]1C. The van der Waals surface area contributed by atoms with Gasteiger partial charge >= 0.3 is 0 Å². The summed E-state index contributed by atoms with van der Waals surface area (Å²) in [6.45, 7) is 7.45. The number of halogens is 1. The molecule has 2 aromatic carbocycles. The molecule has 3 aliphatic heterocycles. The van der Waals surface area contributed by atoms with Gasteiger partial charge in [0.2, 0.25) is 10.0 Å². The number of likely N-dealkylation sites (N-methyl/N-ethyl adjacent to an activating group) is 1. The summed E-state index contributed by atoms with van der Waals surface area (Å²) in [5, 5.41) is 0.750. The summed E-state index contributed by atoms with van der Waals surface area (Å²) in [5.74, 6) is 1.07. The first kappa shape index (κ1) is 35.1. The molecule has 1 N–H and O–H groups in total. The van der Waals surface area contributed by atoms with Crippen molar-refractivity contribution < 1.29 is 27.4 Å². The summed E-state index contributed by atoms with van der Waals surface area (Å²) in [5.41, 5.74) is 3.49. The van der Waals surface area contributed by atoms with Gasteiger partial charge in [-0.1, -0.05) is 31.5 Å². The minimum absolute atomic E-state index is 0.107. The van der Waals surface area contributed by atoms with E-state index in [1.807, 2.05) is 25.1 Å². The number of nitrogens with zero attached hydrogens (tertiary/aromatic N) is 2. The van der Waals surface area contributed by atoms with E-state index in [9.17, 15) is 13.2 Å². The monoisotopic (exact) mass is 713 g/mol. The van der Waals surface area contributed by atoms with Gasteiger partial charge in [0, 0.05) is 35.0 Å². The molecule has 1 amide bonds. The van der Waals surface area contributed by atoms with E-state index < -0.39 is 15.9 Å². The Morgan fingerprint density at radius 1 is 0.980 bits per heavy atom. The van der Waals surface area contributed by atoms with Crippen molar-refractivity contribution >= 4 is 33.2 Å². The average Bonchev–Trinajstić information content (AvgIpc) is 3.20. The largest absolute Gasteiger partial charge is 0.490 e. The molecule has 3 heterocycles. The summed E-state index contributed by atoms with van der Waals surface area (Å²) in [4.78, 5) is 18.1. The molecule has 0 aromatic heterocycles. The second-order valence-corrected chi connectivity index (χ2v) is 18.1. The number of benzene rings is 2. The molecule has 7 rings (SSSR count). The molecule has 6 atom stereocenters. The van der Waals surface area contributed by atoms with Crippen LogP contribution in [0.5, 0.6) is 5.75 Å². The Hall–Kier alpha value is -2.37. The van der Waals surface area contributed by atoms with E-state index >= 15 is 0 Å². The number of aryl methyl sites for hydroxylation is 1. The van der Waals surface area contributed by atoms with Gasteiger partial charge in [0.05, 0.1) is 37.3 Å². The molecule has 11 heteroatoms. The van der Waals surface area contributed by atoms with Gasteiger partial charge in [-0.3, -0.25) is 4.79 Å². The zero-order valence-corrected chi connectivity index (χ0v) is 30.9. The third kappa shape index (κ3) is 7.23. The van der Waals surface area contributed by atoms with E-state index in [0.29, 0.717) is 37.2 Å². The van der Waals surface area contributed by atoms with Crippen LogP contribution in [0.2, 0.25) is 5.02 Å². The van der Waals surface area contributed by atoms with Crippen molar-refractivity contribution in [1.82, 2.24) is 9.62 Å². The van der Waals surface area contributed by atoms with Gasteiger partial charge in [0.25, 0.3) is 5.91 Å². The van der Waals surface area contributed by atoms with Crippen molar-refractivity contribution in [3.63, 3.8) is 0 Å². The Balaban J connectivity index is 1.26. The third-order valence-corrected chi connectivity index (χ3v) is 14.1. The van der Waals surface area contributed by atoms with Crippen LogP contribution in [0, 0.1) is 29.6 Å². The molecule has 2 aromatic rings. The quantitative estimate of drug-likeness (QED) is 0.412. The summed E-state index contributed by atoms with van der Waals surface area (Å²) in [6.07, 6.45) is 6.73. The van der Waals surface area contributed by atoms with Crippen LogP contribution in [0.25, 0.3) is 0 Å². The van der Waals surface area contributed by atoms with Crippen LogP contribution in [-0.2, 0) is 31.3 Å². The smallest absolute Gasteiger partial charge is 0.264 e. The molecule has 0 unspecified atom stereocenters. The van der Waals surface area contributed by atoms with E-state index in [2.05, 4.69) is 47.7 Å². The highest BCUT2D eigenvalue weighted by Gasteiger charge is 2.47. The van der Waals surface area contributed by atoms with Crippen molar-refractivity contribution in [2.24, 2.45) is 29.6 Å². The second kappa shape index (κ2) is 14.0. The molecular formula is C38H52ClN3O6S. The van der Waals surface area contributed by atoms with Crippen LogP contribution in [0.1, 0.15) is 73.9 Å². The number of ether oxygens (including phenoxy) is 3. The molecule has 0 radical (unpaired) electrons. The first-order chi connectivity index (χ1) is 23.4. The van der Waals surface area contributed by atoms with Crippen LogP contribution in [-0.4, -0.2) is 84.3 Å². The number of nitrogens with one attached hydrogen (secondary N) is 1. The lowest BCUT2D eigenvalue weighted by atomic mass is 9.64. The fourth-order valence-electron chi connectivity index (χ4n) is 9.02. The highest BCUT2D eigenvalue weighted by molar-refractivity contribution is 7.90. The van der Waals surface area contributed by atoms with Crippen molar-refractivity contribution in [2.75, 3.05) is 57.7 Å². The fraction of sp³-hybridized carbons (Fsp3) is 0.658. The van der Waals surface area contributed by atoms with Crippen LogP contribution < -0.4 is 14.4 Å². The van der Waals surface area contributed by atoms with Gasteiger partial charge in [0.15, 0.2) is 6.29 Å². The van der Waals surface area contributed by atoms with Gasteiger partial charge in [-0.05, 0) is 124 Å². The number of amides is 1. The molecule has 9 nitrogen and oxygen atoms in total. The Bertz CT molecular complexity index is 1650. The maximum absolute atomic E-state index is 13.5. The highest BCUT2D eigenvalue weighted by atomic mass is 35.5. The maximum Gasteiger partial charge on any atom is 0.264 e. The topological polar surface area (TPSA) is 97.4 Å². The second-order valence-electron chi connectivity index (χ2n) is 15.8. The molecule has 49 heavy (non-hydrogen) atoms. The summed E-state index contributed by atoms with van der Waals surface area (Å²) >= 11 is 6.47. The zero-order chi connectivity index (χ0) is 34.5. The van der Waals surface area contributed by atoms with Gasteiger partial charge < -0.3 is 24.0 Å². The fourth-order valence-corrected chi connectivity index (χ4v) is 10.7. The number of fused-ring (bicyclic) bond motifs is 4. The first-order valence-electron chi connectivity index (χ1n) is 18.2. The maximum atomic E-state index is 13.5. The van der Waals surface area contributed by atoms with Crippen molar-refractivity contribution in [1.29, 1.82) is 0 Å². The van der Waals surface area contributed by atoms with Gasteiger partial charge in [0.1, 0.15) is 5.75 Å². The van der Waals surface area contributed by atoms with E-state index in [-0.39, 0.29) is 41.3 Å². The number of sulfonamides is 1. The Morgan fingerprint density at radius 3 is 2.49 bits per heavy atom. The molecule has 1 saturated carbocycles. The zero-order valence-electron chi connectivity index (χ0n) is 29.3. The summed E-state index contributed by atoms with van der Waals surface area (Å²) in [7, 11) is 0.266. The van der Waals surface area contributed by atoms with E-state index in [1.54, 1.807) is 6.07 Å². The van der Waals surface area contributed by atoms with Gasteiger partial charge in [-0.15, -0.1) is 0 Å². The highest BCUT2D eigenvalue weighted by Crippen LogP contribution is 2.49. The Morgan fingerprint density at radius 2 is 1.76 bits per heavy atom. The number of carbonyl (C=O) groups is 1. The van der Waals surface area contributed by atoms with Crippen molar-refractivity contribution in [3.8, 4) is 5.75 Å². The summed E-state index contributed by atoms with van der Waals surface area (Å²) < 4.78 is 48.6. The molecule has 1 saturated heterocycles. The van der Waals surface area contributed by atoms with Crippen LogP contribution in [0.4, 0.5) is 5.69 Å². The Labute approximate surface area is 297 Å². The number of hydrogen-bond donors (Lipinski definition) is 1. The number of carbonyl (C=O) groups excluding carboxylic acids is 1. The predicted molar refractivity (Wildman–Crippen MR) is 192 cm³/mol. The number of hydrogen-bond acceptors (Lipinski definition) is 8. The number of anilines is 1. The lowest BCUT2D eigenvalue weighted by Crippen LogP contribution is -2.52. The molecule has 1 spiro atoms. The van der Waals surface area contributed by atoms with Gasteiger partial charge in [-0.25, -0.2) is 13.1 Å².